The van der Waals surface area contributed by atoms with Gasteiger partial charge in [0.1, 0.15) is 0 Å². The molecule has 0 radical (unpaired) electrons. The molecule has 0 atom stereocenters. The SMILES string of the molecule is COc1cc2c(cc1OC)C(=N)OC2=N.Cl. The van der Waals surface area contributed by atoms with Gasteiger partial charge >= 0.3 is 0 Å². The number of methoxy groups -OCH3 is 2. The summed E-state index contributed by atoms with van der Waals surface area (Å²) in [5, 5.41) is 15.0. The van der Waals surface area contributed by atoms with Crippen molar-refractivity contribution in [2.24, 2.45) is 0 Å². The molecule has 0 saturated heterocycles. The molecule has 0 aromatic heterocycles. The highest BCUT2D eigenvalue weighted by molar-refractivity contribution is 6.17. The molecule has 1 aliphatic rings. The molecule has 1 heterocycles. The fraction of sp³-hybridized carbons (Fsp3) is 0.200. The normalized spacial score (nSPS) is 12.6. The fourth-order valence-electron chi connectivity index (χ4n) is 1.47. The number of fused-ring (bicyclic) bond motifs is 1. The predicted molar refractivity (Wildman–Crippen MR) is 61.5 cm³/mol. The second-order valence-electron chi connectivity index (χ2n) is 3.01. The Labute approximate surface area is 98.7 Å². The van der Waals surface area contributed by atoms with Gasteiger partial charge < -0.3 is 14.2 Å². The van der Waals surface area contributed by atoms with Crippen molar-refractivity contribution in [3.05, 3.63) is 23.3 Å². The van der Waals surface area contributed by atoms with Crippen LogP contribution in [-0.2, 0) is 4.74 Å². The molecule has 2 N–H and O–H groups in total. The largest absolute Gasteiger partial charge is 0.493 e. The molecule has 5 nitrogen and oxygen atoms in total. The first-order valence-corrected chi connectivity index (χ1v) is 4.29. The minimum atomic E-state index is -0.0315. The van der Waals surface area contributed by atoms with Gasteiger partial charge in [-0.3, -0.25) is 10.8 Å². The number of benzene rings is 1. The van der Waals surface area contributed by atoms with Crippen molar-refractivity contribution in [2.75, 3.05) is 14.2 Å². The number of ether oxygens (including phenoxy) is 3. The summed E-state index contributed by atoms with van der Waals surface area (Å²) < 4.78 is 15.1. The zero-order chi connectivity index (χ0) is 11.0. The maximum Gasteiger partial charge on any atom is 0.222 e. The van der Waals surface area contributed by atoms with E-state index in [1.165, 1.54) is 14.2 Å². The van der Waals surface area contributed by atoms with Gasteiger partial charge in [0.15, 0.2) is 11.5 Å². The lowest BCUT2D eigenvalue weighted by Crippen LogP contribution is -1.97. The summed E-state index contributed by atoms with van der Waals surface area (Å²) >= 11 is 0. The van der Waals surface area contributed by atoms with Gasteiger partial charge in [-0.25, -0.2) is 0 Å². The molecule has 1 aliphatic heterocycles. The van der Waals surface area contributed by atoms with E-state index in [1.54, 1.807) is 12.1 Å². The fourth-order valence-corrected chi connectivity index (χ4v) is 1.47. The smallest absolute Gasteiger partial charge is 0.222 e. The second kappa shape index (κ2) is 4.40. The van der Waals surface area contributed by atoms with Gasteiger partial charge in [-0.05, 0) is 12.1 Å². The highest BCUT2D eigenvalue weighted by atomic mass is 35.5. The van der Waals surface area contributed by atoms with Crippen LogP contribution in [-0.4, -0.2) is 26.0 Å². The number of nitrogens with one attached hydrogen (secondary N) is 2. The summed E-state index contributed by atoms with van der Waals surface area (Å²) in [5.41, 5.74) is 1.11. The van der Waals surface area contributed by atoms with E-state index in [4.69, 9.17) is 25.0 Å². The molecule has 0 spiro atoms. The molecule has 1 aromatic rings. The molecule has 0 unspecified atom stereocenters. The van der Waals surface area contributed by atoms with Gasteiger partial charge in [0, 0.05) is 0 Å². The predicted octanol–water partition coefficient (Wildman–Crippen LogP) is 1.81. The third-order valence-corrected chi connectivity index (χ3v) is 2.22. The van der Waals surface area contributed by atoms with Crippen molar-refractivity contribution in [2.45, 2.75) is 0 Å². The summed E-state index contributed by atoms with van der Waals surface area (Å²) in [7, 11) is 3.05. The molecule has 0 saturated carbocycles. The zero-order valence-electron chi connectivity index (χ0n) is 8.79. The Kier molecular flexibility index (Phi) is 3.39. The van der Waals surface area contributed by atoms with Gasteiger partial charge in [0.2, 0.25) is 11.8 Å². The van der Waals surface area contributed by atoms with Crippen LogP contribution < -0.4 is 9.47 Å². The van der Waals surface area contributed by atoms with Crippen molar-refractivity contribution < 1.29 is 14.2 Å². The third kappa shape index (κ3) is 1.69. The second-order valence-corrected chi connectivity index (χ2v) is 3.01. The molecule has 0 fully saturated rings. The van der Waals surface area contributed by atoms with Crippen LogP contribution in [0.25, 0.3) is 0 Å². The monoisotopic (exact) mass is 242 g/mol. The molecule has 0 bridgehead atoms. The van der Waals surface area contributed by atoms with Gasteiger partial charge in [0.05, 0.1) is 25.3 Å². The number of hydrogen-bond donors (Lipinski definition) is 2. The van der Waals surface area contributed by atoms with E-state index in [9.17, 15) is 0 Å². The Balaban J connectivity index is 0.00000128. The zero-order valence-corrected chi connectivity index (χ0v) is 9.60. The average Bonchev–Trinajstić information content (AvgIpc) is 2.52. The van der Waals surface area contributed by atoms with E-state index < -0.39 is 0 Å². The standard InChI is InChI=1S/C10H10N2O3.ClH/c1-13-7-3-5-6(4-8(7)14-2)10(12)15-9(5)11;/h3-4,11-12H,1-2H3;1H. The summed E-state index contributed by atoms with van der Waals surface area (Å²) in [6.07, 6.45) is 0. The highest BCUT2D eigenvalue weighted by Gasteiger charge is 2.26. The minimum absolute atomic E-state index is 0. The first-order chi connectivity index (χ1) is 7.17. The lowest BCUT2D eigenvalue weighted by Gasteiger charge is -2.08. The van der Waals surface area contributed by atoms with Crippen LogP contribution in [0.4, 0.5) is 0 Å². The summed E-state index contributed by atoms with van der Waals surface area (Å²) in [5.74, 6) is 0.991. The van der Waals surface area contributed by atoms with Gasteiger partial charge in [-0.2, -0.15) is 0 Å². The Morgan fingerprint density at radius 3 is 1.62 bits per heavy atom. The van der Waals surface area contributed by atoms with E-state index in [0.29, 0.717) is 22.6 Å². The molecule has 6 heteroatoms. The summed E-state index contributed by atoms with van der Waals surface area (Å²) in [6.45, 7) is 0. The van der Waals surface area contributed by atoms with Gasteiger partial charge in [0.25, 0.3) is 0 Å². The van der Waals surface area contributed by atoms with Gasteiger partial charge in [-0.15, -0.1) is 12.4 Å². The van der Waals surface area contributed by atoms with Gasteiger partial charge in [-0.1, -0.05) is 0 Å². The van der Waals surface area contributed by atoms with E-state index in [0.717, 1.165) is 0 Å². The maximum absolute atomic E-state index is 7.50. The van der Waals surface area contributed by atoms with Crippen LogP contribution in [0.1, 0.15) is 11.1 Å². The molecule has 1 aromatic carbocycles. The highest BCUT2D eigenvalue weighted by Crippen LogP contribution is 2.33. The van der Waals surface area contributed by atoms with Crippen LogP contribution in [0.3, 0.4) is 0 Å². The van der Waals surface area contributed by atoms with Crippen LogP contribution in [0.15, 0.2) is 12.1 Å². The first-order valence-electron chi connectivity index (χ1n) is 4.29. The van der Waals surface area contributed by atoms with Crippen LogP contribution in [0.2, 0.25) is 0 Å². The van der Waals surface area contributed by atoms with Crippen molar-refractivity contribution in [1.82, 2.24) is 0 Å². The summed E-state index contributed by atoms with van der Waals surface area (Å²) in [6, 6.07) is 3.27. The number of halogens is 1. The van der Waals surface area contributed by atoms with E-state index in [1.807, 2.05) is 0 Å². The first kappa shape index (κ1) is 12.3. The lowest BCUT2D eigenvalue weighted by molar-refractivity contribution is 0.355. The van der Waals surface area contributed by atoms with Crippen molar-refractivity contribution >= 4 is 24.2 Å². The molecule has 16 heavy (non-hydrogen) atoms. The van der Waals surface area contributed by atoms with Crippen molar-refractivity contribution in [3.8, 4) is 11.5 Å². The Morgan fingerprint density at radius 2 is 1.31 bits per heavy atom. The molecule has 0 aliphatic carbocycles. The molecule has 0 amide bonds. The van der Waals surface area contributed by atoms with Crippen LogP contribution >= 0.6 is 12.4 Å². The van der Waals surface area contributed by atoms with E-state index in [-0.39, 0.29) is 24.2 Å². The molecular formula is C10H11ClN2O3. The average molecular weight is 243 g/mol. The maximum atomic E-state index is 7.50. The third-order valence-electron chi connectivity index (χ3n) is 2.22. The Bertz CT molecular complexity index is 419. The topological polar surface area (TPSA) is 75.4 Å². The Morgan fingerprint density at radius 1 is 0.938 bits per heavy atom. The summed E-state index contributed by atoms with van der Waals surface area (Å²) in [4.78, 5) is 0. The molecule has 2 rings (SSSR count). The van der Waals surface area contributed by atoms with Crippen LogP contribution in [0.5, 0.6) is 11.5 Å². The molecular weight excluding hydrogens is 232 g/mol. The number of rotatable bonds is 2. The quantitative estimate of drug-likeness (QED) is 0.830. The minimum Gasteiger partial charge on any atom is -0.493 e. The molecule has 86 valence electrons. The van der Waals surface area contributed by atoms with Crippen LogP contribution in [0, 0.1) is 10.8 Å². The van der Waals surface area contributed by atoms with E-state index in [2.05, 4.69) is 0 Å². The number of hydrogen-bond acceptors (Lipinski definition) is 5. The lowest BCUT2D eigenvalue weighted by atomic mass is 10.1. The van der Waals surface area contributed by atoms with Crippen molar-refractivity contribution in [3.63, 3.8) is 0 Å². The van der Waals surface area contributed by atoms with Crippen molar-refractivity contribution in [1.29, 1.82) is 10.8 Å². The van der Waals surface area contributed by atoms with E-state index >= 15 is 0 Å². The Hall–Kier alpha value is -1.75.